The number of hydrogen-bond donors (Lipinski definition) is 2. The van der Waals surface area contributed by atoms with E-state index in [0.717, 1.165) is 30.7 Å². The second-order valence-electron chi connectivity index (χ2n) is 6.55. The number of allylic oxidation sites excluding steroid dienone is 3. The molecule has 26 heavy (non-hydrogen) atoms. The molecule has 0 radical (unpaired) electrons. The Hall–Kier alpha value is -2.42. The van der Waals surface area contributed by atoms with Crippen molar-refractivity contribution in [1.82, 2.24) is 10.3 Å². The Labute approximate surface area is 155 Å². The molecule has 1 saturated carbocycles. The Bertz CT molecular complexity index is 712. The van der Waals surface area contributed by atoms with E-state index in [2.05, 4.69) is 22.9 Å². The van der Waals surface area contributed by atoms with Crippen LogP contribution in [0, 0.1) is 18.3 Å². The average Bonchev–Trinajstić information content (AvgIpc) is 2.59. The van der Waals surface area contributed by atoms with E-state index < -0.39 is 0 Å². The summed E-state index contributed by atoms with van der Waals surface area (Å²) in [4.78, 5) is 4.37. The van der Waals surface area contributed by atoms with Crippen LogP contribution in [0.25, 0.3) is 0 Å². The lowest BCUT2D eigenvalue weighted by Crippen LogP contribution is -2.45. The van der Waals surface area contributed by atoms with Crippen molar-refractivity contribution in [2.75, 3.05) is 6.54 Å². The highest BCUT2D eigenvalue weighted by Gasteiger charge is 2.26. The lowest BCUT2D eigenvalue weighted by atomic mass is 9.89. The summed E-state index contributed by atoms with van der Waals surface area (Å²) in [6.07, 6.45) is 9.55. The number of rotatable bonds is 9. The van der Waals surface area contributed by atoms with Gasteiger partial charge in [-0.25, -0.2) is 4.98 Å². The van der Waals surface area contributed by atoms with Crippen LogP contribution < -0.4 is 10.1 Å². The summed E-state index contributed by atoms with van der Waals surface area (Å²) in [5, 5.41) is 22.1. The maximum Gasteiger partial charge on any atom is 0.232 e. The molecule has 1 aromatic heterocycles. The Kier molecular flexibility index (Phi) is 7.58. The van der Waals surface area contributed by atoms with Gasteiger partial charge in [0.05, 0.1) is 6.10 Å². The number of aliphatic hydroxyl groups is 1. The molecule has 5 heteroatoms. The fourth-order valence-corrected chi connectivity index (χ4v) is 2.73. The number of nitrogens with zero attached hydrogens (tertiary/aromatic N) is 2. The first-order valence-corrected chi connectivity index (χ1v) is 8.97. The van der Waals surface area contributed by atoms with Crippen molar-refractivity contribution in [1.29, 1.82) is 5.26 Å². The van der Waals surface area contributed by atoms with E-state index in [1.807, 2.05) is 38.2 Å². The van der Waals surface area contributed by atoms with Gasteiger partial charge < -0.3 is 15.2 Å². The molecule has 1 fully saturated rings. The second kappa shape index (κ2) is 9.91. The second-order valence-corrected chi connectivity index (χ2v) is 6.55. The highest BCUT2D eigenvalue weighted by Crippen LogP contribution is 2.22. The molecule has 5 nitrogen and oxygen atoms in total. The molecule has 0 saturated heterocycles. The Morgan fingerprint density at radius 3 is 2.92 bits per heavy atom. The van der Waals surface area contributed by atoms with Crippen molar-refractivity contribution < 1.29 is 9.84 Å². The smallest absolute Gasteiger partial charge is 0.232 e. The van der Waals surface area contributed by atoms with Crippen molar-refractivity contribution in [3.63, 3.8) is 0 Å². The van der Waals surface area contributed by atoms with E-state index in [1.54, 1.807) is 12.1 Å². The zero-order valence-corrected chi connectivity index (χ0v) is 15.5. The summed E-state index contributed by atoms with van der Waals surface area (Å²) in [5.41, 5.74) is 2.04. The van der Waals surface area contributed by atoms with E-state index in [4.69, 9.17) is 4.74 Å². The van der Waals surface area contributed by atoms with Crippen LogP contribution >= 0.6 is 0 Å². The van der Waals surface area contributed by atoms with Gasteiger partial charge in [-0.1, -0.05) is 30.9 Å². The van der Waals surface area contributed by atoms with Crippen LogP contribution in [-0.4, -0.2) is 34.9 Å². The minimum atomic E-state index is -0.282. The predicted molar refractivity (Wildman–Crippen MR) is 103 cm³/mol. The third-order valence-electron chi connectivity index (χ3n) is 4.35. The largest absolute Gasteiger partial charge is 0.468 e. The van der Waals surface area contributed by atoms with Gasteiger partial charge in [-0.3, -0.25) is 0 Å². The molecule has 0 aromatic carbocycles. The summed E-state index contributed by atoms with van der Waals surface area (Å²) < 4.78 is 6.07. The summed E-state index contributed by atoms with van der Waals surface area (Å²) in [5.74, 6) is 0.345. The first-order chi connectivity index (χ1) is 12.5. The molecular formula is C21H27N3O2. The van der Waals surface area contributed by atoms with Crippen LogP contribution in [-0.2, 0) is 0 Å². The molecule has 0 bridgehead atoms. The zero-order chi connectivity index (χ0) is 18.9. The number of aliphatic hydroxyl groups excluding tert-OH is 1. The highest BCUT2D eigenvalue weighted by molar-refractivity contribution is 5.39. The molecule has 0 unspecified atom stereocenters. The van der Waals surface area contributed by atoms with Gasteiger partial charge in [-0.15, -0.1) is 0 Å². The number of aromatic nitrogens is 1. The summed E-state index contributed by atoms with van der Waals surface area (Å²) in [6.45, 7) is 8.68. The van der Waals surface area contributed by atoms with Gasteiger partial charge in [0, 0.05) is 18.2 Å². The number of hydrogen-bond acceptors (Lipinski definition) is 5. The predicted octanol–water partition coefficient (Wildman–Crippen LogP) is 3.20. The lowest BCUT2D eigenvalue weighted by Gasteiger charge is -2.32. The van der Waals surface area contributed by atoms with Gasteiger partial charge in [-0.05, 0) is 50.9 Å². The molecule has 0 amide bonds. The zero-order valence-electron chi connectivity index (χ0n) is 15.5. The Morgan fingerprint density at radius 2 is 2.27 bits per heavy atom. The van der Waals surface area contributed by atoms with Gasteiger partial charge >= 0.3 is 0 Å². The molecule has 2 rings (SSSR count). The monoisotopic (exact) mass is 353 g/mol. The number of pyridine rings is 1. The van der Waals surface area contributed by atoms with Gasteiger partial charge in [-0.2, -0.15) is 5.26 Å². The maximum absolute atomic E-state index is 9.38. The molecule has 1 aliphatic carbocycles. The van der Waals surface area contributed by atoms with Crippen LogP contribution in [0.3, 0.4) is 0 Å². The fraction of sp³-hybridized carbons (Fsp3) is 0.429. The molecule has 1 heterocycles. The van der Waals surface area contributed by atoms with Crippen molar-refractivity contribution in [2.45, 2.75) is 51.4 Å². The van der Waals surface area contributed by atoms with Crippen LogP contribution in [0.15, 0.2) is 48.6 Å². The first-order valence-electron chi connectivity index (χ1n) is 8.97. The molecule has 2 N–H and O–H groups in total. The van der Waals surface area contributed by atoms with E-state index in [9.17, 15) is 10.4 Å². The molecule has 0 aliphatic heterocycles. The average molecular weight is 353 g/mol. The normalized spacial score (nSPS) is 20.7. The maximum atomic E-state index is 9.38. The number of nitriles is 1. The third-order valence-corrected chi connectivity index (χ3v) is 4.35. The minimum absolute atomic E-state index is 0.173. The van der Waals surface area contributed by atoms with E-state index in [1.165, 1.54) is 0 Å². The summed E-state index contributed by atoms with van der Waals surface area (Å²) in [7, 11) is 0. The number of aryl methyl sites for hydroxylation is 1. The summed E-state index contributed by atoms with van der Waals surface area (Å²) >= 11 is 0. The fourth-order valence-electron chi connectivity index (χ4n) is 2.73. The minimum Gasteiger partial charge on any atom is -0.468 e. The van der Waals surface area contributed by atoms with E-state index in [-0.39, 0.29) is 12.2 Å². The molecule has 1 atom stereocenters. The van der Waals surface area contributed by atoms with Crippen LogP contribution in [0.4, 0.5) is 0 Å². The van der Waals surface area contributed by atoms with Crippen molar-refractivity contribution >= 4 is 0 Å². The van der Waals surface area contributed by atoms with Crippen LogP contribution in [0.2, 0.25) is 0 Å². The van der Waals surface area contributed by atoms with Gasteiger partial charge in [0.25, 0.3) is 0 Å². The molecule has 138 valence electrons. The van der Waals surface area contributed by atoms with Crippen molar-refractivity contribution in [2.24, 2.45) is 0 Å². The lowest BCUT2D eigenvalue weighted by molar-refractivity contribution is 0.0615. The molecule has 1 aliphatic rings. The molecular weight excluding hydrogens is 326 g/mol. The van der Waals surface area contributed by atoms with Gasteiger partial charge in [0.15, 0.2) is 0 Å². The van der Waals surface area contributed by atoms with E-state index >= 15 is 0 Å². The third kappa shape index (κ3) is 5.83. The number of nitrogens with one attached hydrogen (secondary N) is 1. The topological polar surface area (TPSA) is 78.2 Å². The SMILES string of the molecule is C=C(/C=C\C=C/C)[C@@H](CCN[C@H]1C[C@@H](O)C1)Oc1nc(C)ccc1C#N. The van der Waals surface area contributed by atoms with Gasteiger partial charge in [0.1, 0.15) is 17.7 Å². The Balaban J connectivity index is 2.05. The van der Waals surface area contributed by atoms with Gasteiger partial charge in [0.2, 0.25) is 5.88 Å². The Morgan fingerprint density at radius 1 is 1.50 bits per heavy atom. The quantitative estimate of drug-likeness (QED) is 0.667. The molecule has 1 aromatic rings. The summed E-state index contributed by atoms with van der Waals surface area (Å²) in [6, 6.07) is 6.01. The van der Waals surface area contributed by atoms with Crippen LogP contribution in [0.5, 0.6) is 5.88 Å². The van der Waals surface area contributed by atoms with Crippen molar-refractivity contribution in [3.05, 3.63) is 59.8 Å². The highest BCUT2D eigenvalue weighted by atomic mass is 16.5. The van der Waals surface area contributed by atoms with Crippen LogP contribution in [0.1, 0.15) is 37.4 Å². The first kappa shape index (κ1) is 19.9. The standard InChI is InChI=1S/C21H27N3O2/c1-4-5-6-7-15(2)20(10-11-23-18-12-19(25)13-18)26-21-17(14-22)9-8-16(3)24-21/h4-9,18-20,23,25H,2,10-13H2,1,3H3/b5-4-,7-6-/t18-,19+,20-/m1/s1. The number of ether oxygens (including phenoxy) is 1. The molecule has 0 spiro atoms. The van der Waals surface area contributed by atoms with E-state index in [0.29, 0.717) is 23.9 Å². The van der Waals surface area contributed by atoms with Crippen molar-refractivity contribution in [3.8, 4) is 11.9 Å².